The topological polar surface area (TPSA) is 60.5 Å². The van der Waals surface area contributed by atoms with E-state index in [1.54, 1.807) is 6.20 Å². The molecule has 1 aliphatic heterocycles. The Hall–Kier alpha value is -2.56. The van der Waals surface area contributed by atoms with Gasteiger partial charge in [0.15, 0.2) is 11.5 Å². The number of aromatic nitrogens is 1. The minimum atomic E-state index is -0.00109. The first kappa shape index (κ1) is 16.3. The SMILES string of the molecule is CCCC[C@H](NC(=O)Cc1ccc2c(c1)OCO2)c1cccnc1. The van der Waals surface area contributed by atoms with E-state index in [9.17, 15) is 4.79 Å². The van der Waals surface area contributed by atoms with Gasteiger partial charge in [0.2, 0.25) is 12.7 Å². The number of hydrogen-bond donors (Lipinski definition) is 1. The molecular weight excluding hydrogens is 304 g/mol. The number of pyridine rings is 1. The van der Waals surface area contributed by atoms with Crippen LogP contribution in [-0.2, 0) is 11.2 Å². The Balaban J connectivity index is 1.64. The molecule has 1 amide bonds. The summed E-state index contributed by atoms with van der Waals surface area (Å²) in [6.07, 6.45) is 6.95. The third-order valence-corrected chi connectivity index (χ3v) is 4.07. The Labute approximate surface area is 142 Å². The maximum atomic E-state index is 12.5. The van der Waals surface area contributed by atoms with Gasteiger partial charge in [-0.05, 0) is 35.7 Å². The molecule has 5 heteroatoms. The normalized spacial score (nSPS) is 13.5. The van der Waals surface area contributed by atoms with Gasteiger partial charge in [-0.15, -0.1) is 0 Å². The van der Waals surface area contributed by atoms with Crippen molar-refractivity contribution >= 4 is 5.91 Å². The van der Waals surface area contributed by atoms with Crippen molar-refractivity contribution in [3.05, 3.63) is 53.9 Å². The molecule has 1 aromatic heterocycles. The van der Waals surface area contributed by atoms with Crippen molar-refractivity contribution in [2.45, 2.75) is 38.6 Å². The van der Waals surface area contributed by atoms with Crippen LogP contribution in [0.3, 0.4) is 0 Å². The van der Waals surface area contributed by atoms with Crippen molar-refractivity contribution in [1.82, 2.24) is 10.3 Å². The number of nitrogens with zero attached hydrogens (tertiary/aromatic N) is 1. The smallest absolute Gasteiger partial charge is 0.231 e. The van der Waals surface area contributed by atoms with E-state index in [1.807, 2.05) is 36.5 Å². The lowest BCUT2D eigenvalue weighted by molar-refractivity contribution is -0.121. The van der Waals surface area contributed by atoms with Gasteiger partial charge in [-0.2, -0.15) is 0 Å². The second-order valence-corrected chi connectivity index (χ2v) is 5.91. The fourth-order valence-corrected chi connectivity index (χ4v) is 2.79. The maximum Gasteiger partial charge on any atom is 0.231 e. The van der Waals surface area contributed by atoms with E-state index in [1.165, 1.54) is 0 Å². The number of unbranched alkanes of at least 4 members (excludes halogenated alkanes) is 1. The van der Waals surface area contributed by atoms with Gasteiger partial charge in [0.25, 0.3) is 0 Å². The molecule has 1 N–H and O–H groups in total. The van der Waals surface area contributed by atoms with Crippen molar-refractivity contribution in [3.8, 4) is 11.5 Å². The summed E-state index contributed by atoms with van der Waals surface area (Å²) < 4.78 is 10.7. The van der Waals surface area contributed by atoms with Crippen LogP contribution in [0.4, 0.5) is 0 Å². The Morgan fingerprint density at radius 1 is 1.29 bits per heavy atom. The molecule has 0 unspecified atom stereocenters. The predicted molar refractivity (Wildman–Crippen MR) is 90.9 cm³/mol. The zero-order valence-electron chi connectivity index (χ0n) is 13.8. The molecule has 0 fully saturated rings. The highest BCUT2D eigenvalue weighted by Crippen LogP contribution is 2.32. The number of nitrogens with one attached hydrogen (secondary N) is 1. The highest BCUT2D eigenvalue weighted by molar-refractivity contribution is 5.79. The van der Waals surface area contributed by atoms with Crippen LogP contribution in [0.2, 0.25) is 0 Å². The molecule has 0 saturated carbocycles. The van der Waals surface area contributed by atoms with Gasteiger partial charge >= 0.3 is 0 Å². The molecule has 0 saturated heterocycles. The average Bonchev–Trinajstić information content (AvgIpc) is 3.07. The summed E-state index contributed by atoms with van der Waals surface area (Å²) >= 11 is 0. The molecule has 0 aliphatic carbocycles. The third kappa shape index (κ3) is 4.04. The van der Waals surface area contributed by atoms with Crippen molar-refractivity contribution in [3.63, 3.8) is 0 Å². The summed E-state index contributed by atoms with van der Waals surface area (Å²) in [6, 6.07) is 9.53. The van der Waals surface area contributed by atoms with Crippen molar-refractivity contribution in [1.29, 1.82) is 0 Å². The van der Waals surface area contributed by atoms with E-state index in [-0.39, 0.29) is 18.7 Å². The number of fused-ring (bicyclic) bond motifs is 1. The van der Waals surface area contributed by atoms with Crippen LogP contribution in [0.5, 0.6) is 11.5 Å². The minimum Gasteiger partial charge on any atom is -0.454 e. The number of hydrogen-bond acceptors (Lipinski definition) is 4. The van der Waals surface area contributed by atoms with Gasteiger partial charge in [-0.25, -0.2) is 0 Å². The Morgan fingerprint density at radius 2 is 2.17 bits per heavy atom. The van der Waals surface area contributed by atoms with Crippen LogP contribution in [0, 0.1) is 0 Å². The summed E-state index contributed by atoms with van der Waals surface area (Å²) in [5.41, 5.74) is 1.96. The molecule has 0 bridgehead atoms. The maximum absolute atomic E-state index is 12.5. The number of carbonyl (C=O) groups excluding carboxylic acids is 1. The fraction of sp³-hybridized carbons (Fsp3) is 0.368. The molecule has 1 aliphatic rings. The largest absolute Gasteiger partial charge is 0.454 e. The van der Waals surface area contributed by atoms with Crippen molar-refractivity contribution in [2.75, 3.05) is 6.79 Å². The lowest BCUT2D eigenvalue weighted by atomic mass is 10.0. The summed E-state index contributed by atoms with van der Waals surface area (Å²) in [7, 11) is 0. The zero-order valence-corrected chi connectivity index (χ0v) is 13.8. The first-order valence-corrected chi connectivity index (χ1v) is 8.34. The lowest BCUT2D eigenvalue weighted by Crippen LogP contribution is -2.30. The molecule has 0 spiro atoms. The van der Waals surface area contributed by atoms with Gasteiger partial charge in [0.05, 0.1) is 12.5 Å². The van der Waals surface area contributed by atoms with E-state index >= 15 is 0 Å². The number of benzene rings is 1. The standard InChI is InChI=1S/C19H22N2O3/c1-2-3-6-16(15-5-4-9-20-12-15)21-19(22)11-14-7-8-17-18(10-14)24-13-23-17/h4-5,7-10,12,16H,2-3,6,11,13H2,1H3,(H,21,22)/t16-/m0/s1. The molecule has 2 heterocycles. The van der Waals surface area contributed by atoms with E-state index in [0.29, 0.717) is 12.2 Å². The first-order valence-electron chi connectivity index (χ1n) is 8.34. The molecule has 2 aromatic rings. The van der Waals surface area contributed by atoms with Gasteiger partial charge in [0, 0.05) is 12.4 Å². The molecule has 1 atom stereocenters. The minimum absolute atomic E-state index is 0.000149. The summed E-state index contributed by atoms with van der Waals surface area (Å²) in [5, 5.41) is 3.13. The number of carbonyl (C=O) groups is 1. The molecule has 3 rings (SSSR count). The van der Waals surface area contributed by atoms with Crippen molar-refractivity contribution < 1.29 is 14.3 Å². The second-order valence-electron chi connectivity index (χ2n) is 5.91. The fourth-order valence-electron chi connectivity index (χ4n) is 2.79. The van der Waals surface area contributed by atoms with E-state index in [4.69, 9.17) is 9.47 Å². The molecule has 0 radical (unpaired) electrons. The van der Waals surface area contributed by atoms with Crippen LogP contribution in [0.1, 0.15) is 43.4 Å². The zero-order chi connectivity index (χ0) is 16.8. The Kier molecular flexibility index (Phi) is 5.31. The van der Waals surface area contributed by atoms with Crippen LogP contribution >= 0.6 is 0 Å². The monoisotopic (exact) mass is 326 g/mol. The molecule has 5 nitrogen and oxygen atoms in total. The number of rotatable bonds is 7. The van der Waals surface area contributed by atoms with Gasteiger partial charge < -0.3 is 14.8 Å². The highest BCUT2D eigenvalue weighted by atomic mass is 16.7. The lowest BCUT2D eigenvalue weighted by Gasteiger charge is -2.19. The molecule has 126 valence electrons. The van der Waals surface area contributed by atoms with E-state index in [0.717, 1.165) is 36.1 Å². The Bertz CT molecular complexity index is 688. The quantitative estimate of drug-likeness (QED) is 0.847. The highest BCUT2D eigenvalue weighted by Gasteiger charge is 2.17. The van der Waals surface area contributed by atoms with Crippen LogP contribution < -0.4 is 14.8 Å². The Morgan fingerprint density at radius 3 is 2.96 bits per heavy atom. The molecule has 1 aromatic carbocycles. The molecule has 24 heavy (non-hydrogen) atoms. The van der Waals surface area contributed by atoms with E-state index in [2.05, 4.69) is 17.2 Å². The third-order valence-electron chi connectivity index (χ3n) is 4.07. The van der Waals surface area contributed by atoms with Crippen LogP contribution in [0.25, 0.3) is 0 Å². The number of ether oxygens (including phenoxy) is 2. The predicted octanol–water partition coefficient (Wildman–Crippen LogP) is 3.40. The first-order chi connectivity index (χ1) is 11.8. The van der Waals surface area contributed by atoms with Crippen LogP contribution in [-0.4, -0.2) is 17.7 Å². The number of amides is 1. The average molecular weight is 326 g/mol. The second kappa shape index (κ2) is 7.81. The van der Waals surface area contributed by atoms with Gasteiger partial charge in [-0.1, -0.05) is 31.9 Å². The van der Waals surface area contributed by atoms with Gasteiger partial charge in [-0.3, -0.25) is 9.78 Å². The van der Waals surface area contributed by atoms with Crippen molar-refractivity contribution in [2.24, 2.45) is 0 Å². The summed E-state index contributed by atoms with van der Waals surface area (Å²) in [4.78, 5) is 16.6. The summed E-state index contributed by atoms with van der Waals surface area (Å²) in [6.45, 7) is 2.39. The van der Waals surface area contributed by atoms with E-state index < -0.39 is 0 Å². The van der Waals surface area contributed by atoms with Crippen LogP contribution in [0.15, 0.2) is 42.7 Å². The molecular formula is C19H22N2O3. The summed E-state index contributed by atoms with van der Waals surface area (Å²) in [5.74, 6) is 1.43. The van der Waals surface area contributed by atoms with Gasteiger partial charge in [0.1, 0.15) is 0 Å².